The van der Waals surface area contributed by atoms with E-state index in [0.717, 1.165) is 23.5 Å². The topological polar surface area (TPSA) is 58.5 Å². The van der Waals surface area contributed by atoms with E-state index in [2.05, 4.69) is 63.1 Å². The highest BCUT2D eigenvalue weighted by molar-refractivity contribution is 6.30. The molecule has 2 rings (SSSR count). The lowest BCUT2D eigenvalue weighted by molar-refractivity contribution is -0.106. The smallest absolute Gasteiger partial charge is 0.116 e. The van der Waals surface area contributed by atoms with Crippen molar-refractivity contribution in [2.24, 2.45) is 4.99 Å². The van der Waals surface area contributed by atoms with Gasteiger partial charge in [-0.05, 0) is 89.8 Å². The first-order chi connectivity index (χ1) is 15.3. The van der Waals surface area contributed by atoms with E-state index in [4.69, 9.17) is 21.2 Å². The number of hydrogen-bond acceptors (Lipinski definition) is 4. The van der Waals surface area contributed by atoms with Crippen LogP contribution in [-0.4, -0.2) is 31.9 Å². The van der Waals surface area contributed by atoms with Gasteiger partial charge < -0.3 is 14.9 Å². The summed E-state index contributed by atoms with van der Waals surface area (Å²) in [6.07, 6.45) is 5.06. The first kappa shape index (κ1) is 34.3. The molecule has 2 aromatic carbocycles. The highest BCUT2D eigenvalue weighted by atomic mass is 35.5. The fraction of sp³-hybridized carbons (Fsp3) is 0.444. The van der Waals surface area contributed by atoms with E-state index in [0.29, 0.717) is 6.04 Å². The van der Waals surface area contributed by atoms with Crippen molar-refractivity contribution in [3.63, 3.8) is 0 Å². The van der Waals surface area contributed by atoms with Gasteiger partial charge in [0.2, 0.25) is 0 Å². The second-order valence-electron chi connectivity index (χ2n) is 6.93. The molecule has 0 bridgehead atoms. The molecule has 0 saturated heterocycles. The van der Waals surface area contributed by atoms with Crippen LogP contribution in [0.5, 0.6) is 0 Å². The number of aldehydes is 1. The Bertz CT molecular complexity index is 696. The van der Waals surface area contributed by atoms with Gasteiger partial charge in [0.25, 0.3) is 0 Å². The van der Waals surface area contributed by atoms with E-state index < -0.39 is 0 Å². The van der Waals surface area contributed by atoms with Gasteiger partial charge in [0.05, 0.1) is 5.69 Å². The quantitative estimate of drug-likeness (QED) is 0.370. The highest BCUT2D eigenvalue weighted by Crippen LogP contribution is 2.21. The van der Waals surface area contributed by atoms with Crippen molar-refractivity contribution in [2.75, 3.05) is 6.54 Å². The molecule has 0 aliphatic carbocycles. The van der Waals surface area contributed by atoms with Crippen LogP contribution in [0.1, 0.15) is 64.2 Å². The summed E-state index contributed by atoms with van der Waals surface area (Å²) in [7, 11) is 0. The predicted octanol–water partition coefficient (Wildman–Crippen LogP) is 7.48. The van der Waals surface area contributed by atoms with E-state index in [1.165, 1.54) is 36.5 Å². The van der Waals surface area contributed by atoms with Gasteiger partial charge in [0.15, 0.2) is 0 Å². The molecule has 1 unspecified atom stereocenters. The fourth-order valence-corrected chi connectivity index (χ4v) is 2.52. The molecule has 2 aromatic rings. The van der Waals surface area contributed by atoms with Gasteiger partial charge in [-0.3, -0.25) is 4.99 Å². The standard InChI is InChI=1S/C10H13N.C7H7Cl.C7H17N.C2H4O.CH2O/c1-4-11-10-8(2)6-5-7-9(10)3;1-6-3-2-4-7(8)5-6;1-4-6-8-7(3)5-2;1-2-3;1-2/h4-7H,1-3H3;2-5H,1H3;7-8H,4-6H2,1-3H3;2H,1H3;1H2. The van der Waals surface area contributed by atoms with Crippen molar-refractivity contribution in [1.29, 1.82) is 0 Å². The summed E-state index contributed by atoms with van der Waals surface area (Å²) in [6, 6.07) is 14.7. The largest absolute Gasteiger partial charge is 0.314 e. The normalized spacial score (nSPS) is 10.0. The molecule has 0 spiro atoms. The molecule has 180 valence electrons. The molecule has 0 saturated carbocycles. The van der Waals surface area contributed by atoms with E-state index in [-0.39, 0.29) is 0 Å². The SMILES string of the molecule is C=O.CC=Nc1c(C)cccc1C.CC=O.CCCNC(C)CC.Cc1cccc(Cl)c1. The molecule has 0 amide bonds. The monoisotopic (exact) mass is 462 g/mol. The molecular formula is C27H43ClN2O2. The number of nitrogens with one attached hydrogen (secondary N) is 1. The maximum absolute atomic E-state index is 8.81. The molecule has 1 atom stereocenters. The van der Waals surface area contributed by atoms with Crippen molar-refractivity contribution in [3.8, 4) is 0 Å². The van der Waals surface area contributed by atoms with Crippen LogP contribution in [0.4, 0.5) is 5.69 Å². The van der Waals surface area contributed by atoms with Crippen molar-refractivity contribution in [2.45, 2.75) is 74.3 Å². The van der Waals surface area contributed by atoms with E-state index in [1.807, 2.05) is 51.1 Å². The zero-order chi connectivity index (χ0) is 25.4. The molecule has 1 N–H and O–H groups in total. The molecule has 5 heteroatoms. The Hall–Kier alpha value is -2.30. The third-order valence-electron chi connectivity index (χ3n) is 4.03. The minimum Gasteiger partial charge on any atom is -0.314 e. The number of carbonyl (C=O) groups is 2. The minimum atomic E-state index is 0.704. The lowest BCUT2D eigenvalue weighted by atomic mass is 10.1. The summed E-state index contributed by atoms with van der Waals surface area (Å²) in [5, 5.41) is 4.19. The van der Waals surface area contributed by atoms with Crippen LogP contribution >= 0.6 is 11.6 Å². The first-order valence-electron chi connectivity index (χ1n) is 11.0. The predicted molar refractivity (Wildman–Crippen MR) is 143 cm³/mol. The van der Waals surface area contributed by atoms with Crippen LogP contribution in [-0.2, 0) is 9.59 Å². The Morgan fingerprint density at radius 1 is 1.03 bits per heavy atom. The van der Waals surface area contributed by atoms with E-state index in [9.17, 15) is 0 Å². The van der Waals surface area contributed by atoms with Gasteiger partial charge in [-0.2, -0.15) is 0 Å². The molecule has 0 aliphatic rings. The molecule has 0 fully saturated rings. The maximum atomic E-state index is 8.81. The van der Waals surface area contributed by atoms with Crippen LogP contribution in [0.3, 0.4) is 0 Å². The highest BCUT2D eigenvalue weighted by Gasteiger charge is 1.96. The Kier molecular flexibility index (Phi) is 26.8. The van der Waals surface area contributed by atoms with Gasteiger partial charge in [-0.25, -0.2) is 0 Å². The number of rotatable bonds is 5. The molecule has 0 heterocycles. The molecule has 0 aromatic heterocycles. The van der Waals surface area contributed by atoms with Gasteiger partial charge in [0, 0.05) is 17.3 Å². The van der Waals surface area contributed by atoms with Gasteiger partial charge in [-0.1, -0.05) is 55.8 Å². The molecular weight excluding hydrogens is 420 g/mol. The summed E-state index contributed by atoms with van der Waals surface area (Å²) < 4.78 is 0. The number of aliphatic imine (C=N–C) groups is 1. The van der Waals surface area contributed by atoms with Crippen molar-refractivity contribution in [3.05, 3.63) is 64.2 Å². The average molecular weight is 463 g/mol. The van der Waals surface area contributed by atoms with Crippen molar-refractivity contribution >= 4 is 36.6 Å². The van der Waals surface area contributed by atoms with Gasteiger partial charge in [0.1, 0.15) is 13.1 Å². The minimum absolute atomic E-state index is 0.704. The molecule has 4 nitrogen and oxygen atoms in total. The third kappa shape index (κ3) is 21.0. The van der Waals surface area contributed by atoms with E-state index >= 15 is 0 Å². The first-order valence-corrected chi connectivity index (χ1v) is 11.3. The Balaban J connectivity index is -0.000000363. The van der Waals surface area contributed by atoms with Crippen LogP contribution in [0.2, 0.25) is 5.02 Å². The Morgan fingerprint density at radius 2 is 1.53 bits per heavy atom. The van der Waals surface area contributed by atoms with Crippen LogP contribution in [0.15, 0.2) is 47.5 Å². The zero-order valence-corrected chi connectivity index (χ0v) is 22.0. The summed E-state index contributed by atoms with van der Waals surface area (Å²) in [5.74, 6) is 0. The molecule has 32 heavy (non-hydrogen) atoms. The number of nitrogens with zero attached hydrogens (tertiary/aromatic N) is 1. The number of benzene rings is 2. The Labute approximate surface area is 201 Å². The summed E-state index contributed by atoms with van der Waals surface area (Å²) in [6.45, 7) is 19.3. The average Bonchev–Trinajstić information content (AvgIpc) is 2.77. The molecule has 0 aliphatic heterocycles. The van der Waals surface area contributed by atoms with Crippen LogP contribution in [0, 0.1) is 20.8 Å². The van der Waals surface area contributed by atoms with Crippen molar-refractivity contribution in [1.82, 2.24) is 5.32 Å². The maximum Gasteiger partial charge on any atom is 0.116 e. The Morgan fingerprint density at radius 3 is 1.88 bits per heavy atom. The zero-order valence-electron chi connectivity index (χ0n) is 21.2. The second-order valence-corrected chi connectivity index (χ2v) is 7.36. The van der Waals surface area contributed by atoms with Gasteiger partial charge in [-0.15, -0.1) is 0 Å². The number of para-hydroxylation sites is 1. The third-order valence-corrected chi connectivity index (χ3v) is 4.27. The van der Waals surface area contributed by atoms with Gasteiger partial charge >= 0.3 is 0 Å². The number of hydrogen-bond donors (Lipinski definition) is 1. The van der Waals surface area contributed by atoms with Crippen LogP contribution in [0.25, 0.3) is 0 Å². The summed E-state index contributed by atoms with van der Waals surface area (Å²) in [5.41, 5.74) is 4.79. The fourth-order valence-electron chi connectivity index (χ4n) is 2.28. The number of carbonyl (C=O) groups excluding carboxylic acids is 2. The lowest BCUT2D eigenvalue weighted by Gasteiger charge is -2.08. The van der Waals surface area contributed by atoms with Crippen LogP contribution < -0.4 is 5.32 Å². The summed E-state index contributed by atoms with van der Waals surface area (Å²) in [4.78, 5) is 21.1. The van der Waals surface area contributed by atoms with Crippen molar-refractivity contribution < 1.29 is 9.59 Å². The van der Waals surface area contributed by atoms with E-state index in [1.54, 1.807) is 0 Å². The molecule has 0 radical (unpaired) electrons. The second kappa shape index (κ2) is 25.0. The number of aryl methyl sites for hydroxylation is 3. The number of halogens is 1. The lowest BCUT2D eigenvalue weighted by Crippen LogP contribution is -2.25. The summed E-state index contributed by atoms with van der Waals surface area (Å²) >= 11 is 5.64.